The van der Waals surface area contributed by atoms with E-state index in [1.807, 2.05) is 48.5 Å². The van der Waals surface area contributed by atoms with Gasteiger partial charge in [-0.05, 0) is 30.5 Å². The zero-order valence-corrected chi connectivity index (χ0v) is 12.2. The van der Waals surface area contributed by atoms with Gasteiger partial charge in [0.05, 0.1) is 0 Å². The molecule has 0 aliphatic rings. The smallest absolute Gasteiger partial charge is 0.253 e. The van der Waals surface area contributed by atoms with Gasteiger partial charge in [-0.1, -0.05) is 36.4 Å². The third-order valence-electron chi connectivity index (χ3n) is 3.21. The molecule has 1 atom stereocenters. The van der Waals surface area contributed by atoms with Crippen LogP contribution < -0.4 is 5.32 Å². The summed E-state index contributed by atoms with van der Waals surface area (Å²) in [6, 6.07) is 15.4. The normalized spacial score (nSPS) is 11.9. The van der Waals surface area contributed by atoms with Crippen molar-refractivity contribution in [3.8, 4) is 0 Å². The molecule has 1 heterocycles. The molecule has 0 unspecified atom stereocenters. The lowest BCUT2D eigenvalue weighted by Gasteiger charge is -2.15. The van der Waals surface area contributed by atoms with Crippen LogP contribution in [0.4, 0.5) is 0 Å². The number of carbonyl (C=O) groups is 1. The van der Waals surface area contributed by atoms with Crippen LogP contribution >= 0.6 is 0 Å². The fourth-order valence-electron chi connectivity index (χ4n) is 2.14. The van der Waals surface area contributed by atoms with E-state index < -0.39 is 6.10 Å². The lowest BCUT2D eigenvalue weighted by atomic mass is 10.1. The van der Waals surface area contributed by atoms with Crippen LogP contribution in [0.5, 0.6) is 0 Å². The van der Waals surface area contributed by atoms with Crippen LogP contribution in [0.25, 0.3) is 0 Å². The van der Waals surface area contributed by atoms with Crippen molar-refractivity contribution in [2.24, 2.45) is 0 Å². The van der Waals surface area contributed by atoms with Gasteiger partial charge in [0.2, 0.25) is 0 Å². The second-order valence-electron chi connectivity index (χ2n) is 4.74. The van der Waals surface area contributed by atoms with Crippen LogP contribution in [-0.2, 0) is 16.0 Å². The number of amides is 1. The van der Waals surface area contributed by atoms with Crippen LogP contribution in [0.1, 0.15) is 23.8 Å². The van der Waals surface area contributed by atoms with Gasteiger partial charge in [0.15, 0.2) is 6.10 Å². The van der Waals surface area contributed by atoms with E-state index in [0.29, 0.717) is 6.54 Å². The molecule has 4 nitrogen and oxygen atoms in total. The molecule has 0 fully saturated rings. The summed E-state index contributed by atoms with van der Waals surface area (Å²) < 4.78 is 5.29. The monoisotopic (exact) mass is 284 g/mol. The Morgan fingerprint density at radius 1 is 1.19 bits per heavy atom. The Kier molecular flexibility index (Phi) is 5.91. The number of ether oxygens (including phenoxy) is 1. The highest BCUT2D eigenvalue weighted by atomic mass is 16.5. The number of methoxy groups -OCH3 is 1. The van der Waals surface area contributed by atoms with E-state index in [2.05, 4.69) is 10.3 Å². The summed E-state index contributed by atoms with van der Waals surface area (Å²) in [5.41, 5.74) is 1.90. The average molecular weight is 284 g/mol. The maximum absolute atomic E-state index is 12.1. The molecule has 1 amide bonds. The van der Waals surface area contributed by atoms with E-state index in [9.17, 15) is 4.79 Å². The Labute approximate surface area is 125 Å². The van der Waals surface area contributed by atoms with Gasteiger partial charge >= 0.3 is 0 Å². The molecule has 0 aliphatic heterocycles. The third kappa shape index (κ3) is 4.68. The number of hydrogen-bond acceptors (Lipinski definition) is 3. The van der Waals surface area contributed by atoms with E-state index in [4.69, 9.17) is 4.74 Å². The number of aryl methyl sites for hydroxylation is 1. The number of carbonyl (C=O) groups excluding carboxylic acids is 1. The molecule has 1 N–H and O–H groups in total. The van der Waals surface area contributed by atoms with Gasteiger partial charge in [0.1, 0.15) is 0 Å². The van der Waals surface area contributed by atoms with E-state index in [-0.39, 0.29) is 5.91 Å². The Bertz CT molecular complexity index is 543. The highest BCUT2D eigenvalue weighted by Gasteiger charge is 2.18. The van der Waals surface area contributed by atoms with E-state index in [1.165, 1.54) is 0 Å². The quantitative estimate of drug-likeness (QED) is 0.795. The van der Waals surface area contributed by atoms with Crippen molar-refractivity contribution >= 4 is 5.91 Å². The Morgan fingerprint density at radius 3 is 2.62 bits per heavy atom. The minimum atomic E-state index is -0.555. The largest absolute Gasteiger partial charge is 0.367 e. The molecule has 110 valence electrons. The summed E-state index contributed by atoms with van der Waals surface area (Å²) in [5.74, 6) is -0.107. The first-order chi connectivity index (χ1) is 10.3. The van der Waals surface area contributed by atoms with Gasteiger partial charge in [0, 0.05) is 25.5 Å². The zero-order valence-electron chi connectivity index (χ0n) is 12.2. The fraction of sp³-hybridized carbons (Fsp3) is 0.294. The van der Waals surface area contributed by atoms with Crippen molar-refractivity contribution in [2.45, 2.75) is 18.9 Å². The summed E-state index contributed by atoms with van der Waals surface area (Å²) in [6.45, 7) is 0.613. The molecule has 1 aromatic carbocycles. The van der Waals surface area contributed by atoms with Crippen LogP contribution in [0, 0.1) is 0 Å². The van der Waals surface area contributed by atoms with E-state index in [0.717, 1.165) is 24.1 Å². The highest BCUT2D eigenvalue weighted by Crippen LogP contribution is 2.16. The Hall–Kier alpha value is -2.20. The number of nitrogens with one attached hydrogen (secondary N) is 1. The summed E-state index contributed by atoms with van der Waals surface area (Å²) in [4.78, 5) is 16.4. The molecule has 2 rings (SSSR count). The molecule has 2 aromatic rings. The first-order valence-electron chi connectivity index (χ1n) is 7.06. The Balaban J connectivity index is 1.78. The molecule has 0 saturated heterocycles. The van der Waals surface area contributed by atoms with Crippen molar-refractivity contribution in [3.63, 3.8) is 0 Å². The second-order valence-corrected chi connectivity index (χ2v) is 4.74. The lowest BCUT2D eigenvalue weighted by molar-refractivity contribution is -0.131. The lowest BCUT2D eigenvalue weighted by Crippen LogP contribution is -2.31. The maximum atomic E-state index is 12.1. The summed E-state index contributed by atoms with van der Waals surface area (Å²) >= 11 is 0. The molecule has 0 spiro atoms. The standard InChI is InChI=1S/C17H20N2O2/c1-21-16(14-8-3-2-4-9-14)17(20)19-13-7-11-15-10-5-6-12-18-15/h2-6,8-10,12,16H,7,11,13H2,1H3,(H,19,20)/t16-/m0/s1. The van der Waals surface area contributed by atoms with Gasteiger partial charge < -0.3 is 10.1 Å². The van der Waals surface area contributed by atoms with Crippen molar-refractivity contribution < 1.29 is 9.53 Å². The molecule has 0 saturated carbocycles. The van der Waals surface area contributed by atoms with Crippen LogP contribution in [-0.4, -0.2) is 24.5 Å². The topological polar surface area (TPSA) is 51.2 Å². The molecule has 0 radical (unpaired) electrons. The van der Waals surface area contributed by atoms with Crippen LogP contribution in [0.3, 0.4) is 0 Å². The van der Waals surface area contributed by atoms with Gasteiger partial charge in [-0.15, -0.1) is 0 Å². The van der Waals surface area contributed by atoms with Crippen molar-refractivity contribution in [2.75, 3.05) is 13.7 Å². The first-order valence-corrected chi connectivity index (χ1v) is 7.06. The molecule has 0 bridgehead atoms. The number of nitrogens with zero attached hydrogens (tertiary/aromatic N) is 1. The molecule has 1 aromatic heterocycles. The van der Waals surface area contributed by atoms with Gasteiger partial charge in [-0.25, -0.2) is 0 Å². The fourth-order valence-corrected chi connectivity index (χ4v) is 2.14. The summed E-state index contributed by atoms with van der Waals surface area (Å²) in [7, 11) is 1.55. The van der Waals surface area contributed by atoms with Gasteiger partial charge in [0.25, 0.3) is 5.91 Å². The second kappa shape index (κ2) is 8.17. The molecule has 4 heteroatoms. The van der Waals surface area contributed by atoms with Gasteiger partial charge in [-0.2, -0.15) is 0 Å². The first kappa shape index (κ1) is 15.2. The van der Waals surface area contributed by atoms with Crippen molar-refractivity contribution in [1.82, 2.24) is 10.3 Å². The number of hydrogen-bond donors (Lipinski definition) is 1. The highest BCUT2D eigenvalue weighted by molar-refractivity contribution is 5.82. The van der Waals surface area contributed by atoms with E-state index in [1.54, 1.807) is 13.3 Å². The number of aromatic nitrogens is 1. The zero-order chi connectivity index (χ0) is 14.9. The van der Waals surface area contributed by atoms with Crippen LogP contribution in [0.15, 0.2) is 54.7 Å². The van der Waals surface area contributed by atoms with E-state index >= 15 is 0 Å². The number of pyridine rings is 1. The average Bonchev–Trinajstić information content (AvgIpc) is 2.54. The molecule has 21 heavy (non-hydrogen) atoms. The number of rotatable bonds is 7. The summed E-state index contributed by atoms with van der Waals surface area (Å²) in [5, 5.41) is 2.91. The minimum absolute atomic E-state index is 0.107. The molecule has 0 aliphatic carbocycles. The van der Waals surface area contributed by atoms with Gasteiger partial charge in [-0.3, -0.25) is 9.78 Å². The van der Waals surface area contributed by atoms with Crippen molar-refractivity contribution in [1.29, 1.82) is 0 Å². The summed E-state index contributed by atoms with van der Waals surface area (Å²) in [6.07, 6.45) is 2.93. The number of benzene rings is 1. The Morgan fingerprint density at radius 2 is 1.95 bits per heavy atom. The van der Waals surface area contributed by atoms with Crippen molar-refractivity contribution in [3.05, 3.63) is 66.0 Å². The third-order valence-corrected chi connectivity index (χ3v) is 3.21. The minimum Gasteiger partial charge on any atom is -0.367 e. The molecular formula is C17H20N2O2. The van der Waals surface area contributed by atoms with Crippen LogP contribution in [0.2, 0.25) is 0 Å². The maximum Gasteiger partial charge on any atom is 0.253 e. The predicted molar refractivity (Wildman–Crippen MR) is 81.8 cm³/mol. The molecular weight excluding hydrogens is 264 g/mol. The SMILES string of the molecule is CO[C@H](C(=O)NCCCc1ccccn1)c1ccccc1. The predicted octanol–water partition coefficient (Wildman–Crippen LogP) is 2.52.